The normalized spacial score (nSPS) is 10.9. The molecule has 2 N–H and O–H groups in total. The lowest BCUT2D eigenvalue weighted by Gasteiger charge is -2.22. The van der Waals surface area contributed by atoms with E-state index in [-0.39, 0.29) is 17.4 Å². The molecule has 0 radical (unpaired) electrons. The fourth-order valence-electron chi connectivity index (χ4n) is 3.51. The molecule has 0 unspecified atom stereocenters. The molecule has 0 atom stereocenters. The van der Waals surface area contributed by atoms with Crippen molar-refractivity contribution in [2.75, 3.05) is 0 Å². The molecule has 2 nitrogen and oxygen atoms in total. The van der Waals surface area contributed by atoms with Crippen molar-refractivity contribution in [2.24, 2.45) is 0 Å². The van der Waals surface area contributed by atoms with Crippen molar-refractivity contribution in [3.8, 4) is 22.6 Å². The van der Waals surface area contributed by atoms with Gasteiger partial charge in [-0.05, 0) is 52.1 Å². The van der Waals surface area contributed by atoms with E-state index in [0.717, 1.165) is 16.7 Å². The number of hydrogen-bond donors (Lipinski definition) is 2. The van der Waals surface area contributed by atoms with Gasteiger partial charge in [-0.2, -0.15) is 0 Å². The number of hydrogen-bond acceptors (Lipinski definition) is 2. The minimum atomic E-state index is -0.0115. The Morgan fingerprint density at radius 3 is 1.52 bits per heavy atom. The summed E-state index contributed by atoms with van der Waals surface area (Å²) in [6, 6.07) is 33.4. The fraction of sp³-hybridized carbons (Fsp3) is 0.0400. The maximum atomic E-state index is 9.72. The maximum Gasteiger partial charge on any atom is 0.115 e. The molecular weight excluding hydrogens is 332 g/mol. The summed E-state index contributed by atoms with van der Waals surface area (Å²) < 4.78 is 0. The van der Waals surface area contributed by atoms with E-state index in [1.165, 1.54) is 11.1 Å². The molecule has 2 heteroatoms. The van der Waals surface area contributed by atoms with E-state index < -0.39 is 0 Å². The van der Waals surface area contributed by atoms with E-state index in [1.54, 1.807) is 24.3 Å². The number of phenolic OH excluding ortho intramolecular Hbond substituents is 2. The minimum Gasteiger partial charge on any atom is -0.508 e. The molecule has 4 aromatic rings. The largest absolute Gasteiger partial charge is 0.508 e. The van der Waals surface area contributed by atoms with E-state index in [4.69, 9.17) is 0 Å². The van der Waals surface area contributed by atoms with Crippen LogP contribution in [0.15, 0.2) is 103 Å². The number of benzene rings is 4. The molecule has 0 saturated carbocycles. The average Bonchev–Trinajstić information content (AvgIpc) is 2.72. The Kier molecular flexibility index (Phi) is 4.63. The molecule has 0 aliphatic rings. The van der Waals surface area contributed by atoms with Gasteiger partial charge in [0.1, 0.15) is 11.5 Å². The quantitative estimate of drug-likeness (QED) is 0.446. The summed E-state index contributed by atoms with van der Waals surface area (Å²) in [5.41, 5.74) is 5.68. The lowest BCUT2D eigenvalue weighted by atomic mass is 9.81. The van der Waals surface area contributed by atoms with Crippen LogP contribution in [0.3, 0.4) is 0 Å². The van der Waals surface area contributed by atoms with Gasteiger partial charge in [0.05, 0.1) is 0 Å². The van der Waals surface area contributed by atoms with E-state index in [9.17, 15) is 10.2 Å². The molecule has 27 heavy (non-hydrogen) atoms. The predicted molar refractivity (Wildman–Crippen MR) is 109 cm³/mol. The lowest BCUT2D eigenvalue weighted by Crippen LogP contribution is -2.05. The molecule has 0 aromatic heterocycles. The van der Waals surface area contributed by atoms with Crippen molar-refractivity contribution in [2.45, 2.75) is 5.92 Å². The second-order valence-corrected chi connectivity index (χ2v) is 6.57. The molecule has 132 valence electrons. The Labute approximate surface area is 159 Å². The third-order valence-electron chi connectivity index (χ3n) is 4.81. The van der Waals surface area contributed by atoms with Crippen molar-refractivity contribution in [1.82, 2.24) is 0 Å². The van der Waals surface area contributed by atoms with Crippen LogP contribution in [0, 0.1) is 0 Å². The summed E-state index contributed by atoms with van der Waals surface area (Å²) in [5, 5.41) is 19.4. The Morgan fingerprint density at radius 1 is 0.481 bits per heavy atom. The molecule has 0 amide bonds. The van der Waals surface area contributed by atoms with Gasteiger partial charge in [-0.3, -0.25) is 0 Å². The smallest absolute Gasteiger partial charge is 0.115 e. The first-order valence-electron chi connectivity index (χ1n) is 8.94. The molecule has 0 fully saturated rings. The molecule has 4 aromatic carbocycles. The predicted octanol–water partition coefficient (Wildman–Crippen LogP) is 5.95. The molecular formula is C25H20O2. The second-order valence-electron chi connectivity index (χ2n) is 6.57. The van der Waals surface area contributed by atoms with Gasteiger partial charge >= 0.3 is 0 Å². The van der Waals surface area contributed by atoms with Crippen LogP contribution in [0.25, 0.3) is 11.1 Å². The van der Waals surface area contributed by atoms with Crippen LogP contribution < -0.4 is 0 Å². The maximum absolute atomic E-state index is 9.72. The first-order valence-corrected chi connectivity index (χ1v) is 8.94. The van der Waals surface area contributed by atoms with Gasteiger partial charge < -0.3 is 10.2 Å². The van der Waals surface area contributed by atoms with Crippen molar-refractivity contribution < 1.29 is 10.2 Å². The highest BCUT2D eigenvalue weighted by molar-refractivity contribution is 5.70. The van der Waals surface area contributed by atoms with Gasteiger partial charge in [0.2, 0.25) is 0 Å². The van der Waals surface area contributed by atoms with E-state index >= 15 is 0 Å². The Hall–Kier alpha value is -3.52. The van der Waals surface area contributed by atoms with Crippen LogP contribution in [0.2, 0.25) is 0 Å². The fourth-order valence-corrected chi connectivity index (χ4v) is 3.51. The SMILES string of the molecule is Oc1ccc(C(c2ccc(O)cc2)c2ccccc2-c2ccccc2)cc1. The highest BCUT2D eigenvalue weighted by atomic mass is 16.3. The Bertz CT molecular complexity index is 974. The second kappa shape index (κ2) is 7.38. The third-order valence-corrected chi connectivity index (χ3v) is 4.81. The van der Waals surface area contributed by atoms with Gasteiger partial charge in [-0.15, -0.1) is 0 Å². The van der Waals surface area contributed by atoms with Gasteiger partial charge in [0, 0.05) is 5.92 Å². The average molecular weight is 352 g/mol. The molecule has 0 bridgehead atoms. The summed E-state index contributed by atoms with van der Waals surface area (Å²) in [6.45, 7) is 0. The molecule has 0 aliphatic heterocycles. The standard InChI is InChI=1S/C25H20O2/c26-21-14-10-19(11-15-21)25(20-12-16-22(27)17-13-20)24-9-5-4-8-23(24)18-6-2-1-3-7-18/h1-17,25-27H. The monoisotopic (exact) mass is 352 g/mol. The first-order chi connectivity index (χ1) is 13.2. The van der Waals surface area contributed by atoms with Crippen LogP contribution in [0.1, 0.15) is 22.6 Å². The van der Waals surface area contributed by atoms with E-state index in [0.29, 0.717) is 0 Å². The van der Waals surface area contributed by atoms with E-state index in [2.05, 4.69) is 36.4 Å². The van der Waals surface area contributed by atoms with Crippen molar-refractivity contribution in [3.05, 3.63) is 120 Å². The zero-order chi connectivity index (χ0) is 18.6. The first kappa shape index (κ1) is 16.9. The molecule has 4 rings (SSSR count). The minimum absolute atomic E-state index is 0.0115. The van der Waals surface area contributed by atoms with Crippen LogP contribution >= 0.6 is 0 Å². The zero-order valence-electron chi connectivity index (χ0n) is 14.8. The van der Waals surface area contributed by atoms with E-state index in [1.807, 2.05) is 42.5 Å². The zero-order valence-corrected chi connectivity index (χ0v) is 14.8. The topological polar surface area (TPSA) is 40.5 Å². The molecule has 0 aliphatic carbocycles. The lowest BCUT2D eigenvalue weighted by molar-refractivity contribution is 0.475. The highest BCUT2D eigenvalue weighted by Gasteiger charge is 2.20. The van der Waals surface area contributed by atoms with Crippen LogP contribution in [0.4, 0.5) is 0 Å². The summed E-state index contributed by atoms with van der Waals surface area (Å²) in [7, 11) is 0. The van der Waals surface area contributed by atoms with Crippen LogP contribution in [-0.4, -0.2) is 10.2 Å². The molecule has 0 saturated heterocycles. The number of aromatic hydroxyl groups is 2. The third kappa shape index (κ3) is 3.56. The number of rotatable bonds is 4. The summed E-state index contributed by atoms with van der Waals surface area (Å²) in [4.78, 5) is 0. The van der Waals surface area contributed by atoms with Crippen LogP contribution in [0.5, 0.6) is 11.5 Å². The van der Waals surface area contributed by atoms with Crippen molar-refractivity contribution in [3.63, 3.8) is 0 Å². The van der Waals surface area contributed by atoms with Crippen LogP contribution in [-0.2, 0) is 0 Å². The van der Waals surface area contributed by atoms with Gasteiger partial charge in [0.15, 0.2) is 0 Å². The summed E-state index contributed by atoms with van der Waals surface area (Å²) in [6.07, 6.45) is 0. The van der Waals surface area contributed by atoms with Gasteiger partial charge in [-0.1, -0.05) is 78.9 Å². The number of phenols is 2. The van der Waals surface area contributed by atoms with Gasteiger partial charge in [-0.25, -0.2) is 0 Å². The molecule has 0 spiro atoms. The van der Waals surface area contributed by atoms with Crippen molar-refractivity contribution in [1.29, 1.82) is 0 Å². The van der Waals surface area contributed by atoms with Crippen molar-refractivity contribution >= 4 is 0 Å². The van der Waals surface area contributed by atoms with Gasteiger partial charge in [0.25, 0.3) is 0 Å². The highest BCUT2D eigenvalue weighted by Crippen LogP contribution is 2.38. The Morgan fingerprint density at radius 2 is 0.963 bits per heavy atom. The summed E-state index contributed by atoms with van der Waals surface area (Å²) in [5.74, 6) is 0.488. The summed E-state index contributed by atoms with van der Waals surface area (Å²) >= 11 is 0. The Balaban J connectivity index is 1.92. The molecule has 0 heterocycles.